The van der Waals surface area contributed by atoms with E-state index in [0.717, 1.165) is 20.7 Å². The highest BCUT2D eigenvalue weighted by atomic mass is 35.5. The first-order valence-corrected chi connectivity index (χ1v) is 9.06. The van der Waals surface area contributed by atoms with Gasteiger partial charge in [0, 0.05) is 9.92 Å². The highest BCUT2D eigenvalue weighted by Gasteiger charge is 2.11. The zero-order valence-electron chi connectivity index (χ0n) is 11.8. The summed E-state index contributed by atoms with van der Waals surface area (Å²) in [5.41, 5.74) is 1.75. The Bertz CT molecular complexity index is 832. The Morgan fingerprint density at radius 3 is 2.86 bits per heavy atom. The van der Waals surface area contributed by atoms with E-state index in [-0.39, 0.29) is 12.3 Å². The first-order chi connectivity index (χ1) is 10.7. The Labute approximate surface area is 141 Å². The molecule has 1 N–H and O–H groups in total. The Morgan fingerprint density at radius 1 is 1.27 bits per heavy atom. The van der Waals surface area contributed by atoms with Crippen LogP contribution in [0.1, 0.15) is 5.56 Å². The minimum Gasteiger partial charge on any atom is -0.302 e. The second-order valence-corrected chi connectivity index (χ2v) is 6.93. The standard InChI is InChI=1S/C16H13ClN2OS2/c1-21-12-7-4-8-13-15(12)19-16(22-13)18-14(20)9-10-5-2-3-6-11(10)17/h2-8H,9H2,1H3,(H,18,19,20). The van der Waals surface area contributed by atoms with E-state index in [2.05, 4.69) is 10.3 Å². The predicted octanol–water partition coefficient (Wildman–Crippen LogP) is 4.85. The van der Waals surface area contributed by atoms with Crippen LogP contribution >= 0.6 is 34.7 Å². The fourth-order valence-corrected chi connectivity index (χ4v) is 3.86. The Balaban J connectivity index is 1.78. The number of halogens is 1. The van der Waals surface area contributed by atoms with Crippen molar-refractivity contribution < 1.29 is 4.79 Å². The molecule has 3 aromatic rings. The average Bonchev–Trinajstić information content (AvgIpc) is 2.91. The van der Waals surface area contributed by atoms with Gasteiger partial charge in [-0.15, -0.1) is 11.8 Å². The summed E-state index contributed by atoms with van der Waals surface area (Å²) in [5.74, 6) is -0.113. The maximum absolute atomic E-state index is 12.2. The molecular weight excluding hydrogens is 336 g/mol. The molecule has 112 valence electrons. The van der Waals surface area contributed by atoms with Crippen molar-refractivity contribution in [2.24, 2.45) is 0 Å². The van der Waals surface area contributed by atoms with Crippen molar-refractivity contribution in [2.75, 3.05) is 11.6 Å². The van der Waals surface area contributed by atoms with Crippen molar-refractivity contribution in [3.05, 3.63) is 53.1 Å². The van der Waals surface area contributed by atoms with E-state index >= 15 is 0 Å². The van der Waals surface area contributed by atoms with E-state index in [0.29, 0.717) is 10.2 Å². The molecule has 0 unspecified atom stereocenters. The molecule has 3 nitrogen and oxygen atoms in total. The number of amides is 1. The molecule has 0 spiro atoms. The van der Waals surface area contributed by atoms with Crippen molar-refractivity contribution in [3.63, 3.8) is 0 Å². The van der Waals surface area contributed by atoms with Crippen LogP contribution in [0, 0.1) is 0 Å². The van der Waals surface area contributed by atoms with Crippen LogP contribution < -0.4 is 5.32 Å². The van der Waals surface area contributed by atoms with E-state index in [1.807, 2.05) is 42.7 Å². The first kappa shape index (κ1) is 15.3. The van der Waals surface area contributed by atoms with Gasteiger partial charge in [0.05, 0.1) is 16.6 Å². The summed E-state index contributed by atoms with van der Waals surface area (Å²) in [6.45, 7) is 0. The average molecular weight is 349 g/mol. The molecule has 1 amide bonds. The Morgan fingerprint density at radius 2 is 2.09 bits per heavy atom. The van der Waals surface area contributed by atoms with Crippen molar-refractivity contribution in [1.82, 2.24) is 4.98 Å². The maximum atomic E-state index is 12.2. The van der Waals surface area contributed by atoms with Gasteiger partial charge in [-0.1, -0.05) is 47.2 Å². The zero-order chi connectivity index (χ0) is 15.5. The number of benzene rings is 2. The zero-order valence-corrected chi connectivity index (χ0v) is 14.2. The Kier molecular flexibility index (Phi) is 4.66. The summed E-state index contributed by atoms with van der Waals surface area (Å²) in [4.78, 5) is 17.8. The number of nitrogens with zero attached hydrogens (tertiary/aromatic N) is 1. The lowest BCUT2D eigenvalue weighted by molar-refractivity contribution is -0.115. The van der Waals surface area contributed by atoms with Crippen molar-refractivity contribution >= 4 is 56.0 Å². The minimum atomic E-state index is -0.113. The molecule has 0 aliphatic rings. The predicted molar refractivity (Wildman–Crippen MR) is 95.2 cm³/mol. The summed E-state index contributed by atoms with van der Waals surface area (Å²) in [6.07, 6.45) is 2.26. The van der Waals surface area contributed by atoms with Gasteiger partial charge in [0.2, 0.25) is 5.91 Å². The molecule has 1 heterocycles. The lowest BCUT2D eigenvalue weighted by Gasteiger charge is -2.03. The van der Waals surface area contributed by atoms with Crippen LogP contribution in [-0.2, 0) is 11.2 Å². The number of fused-ring (bicyclic) bond motifs is 1. The van der Waals surface area contributed by atoms with E-state index in [9.17, 15) is 4.79 Å². The van der Waals surface area contributed by atoms with Gasteiger partial charge in [-0.3, -0.25) is 4.79 Å². The molecule has 0 aliphatic carbocycles. The number of hydrogen-bond donors (Lipinski definition) is 1. The number of nitrogens with one attached hydrogen (secondary N) is 1. The molecule has 0 saturated heterocycles. The van der Waals surface area contributed by atoms with E-state index in [4.69, 9.17) is 11.6 Å². The summed E-state index contributed by atoms with van der Waals surface area (Å²) in [7, 11) is 0. The second kappa shape index (κ2) is 6.69. The van der Waals surface area contributed by atoms with Gasteiger partial charge in [0.1, 0.15) is 0 Å². The number of para-hydroxylation sites is 1. The van der Waals surface area contributed by atoms with E-state index < -0.39 is 0 Å². The maximum Gasteiger partial charge on any atom is 0.230 e. The van der Waals surface area contributed by atoms with E-state index in [1.54, 1.807) is 17.8 Å². The molecule has 0 aliphatic heterocycles. The third-order valence-corrected chi connectivity index (χ3v) is 5.23. The lowest BCUT2D eigenvalue weighted by Crippen LogP contribution is -2.14. The first-order valence-electron chi connectivity index (χ1n) is 6.64. The third-order valence-electron chi connectivity index (χ3n) is 3.16. The summed E-state index contributed by atoms with van der Waals surface area (Å²) < 4.78 is 1.07. The molecule has 2 aromatic carbocycles. The molecule has 1 aromatic heterocycles. The molecule has 6 heteroatoms. The van der Waals surface area contributed by atoms with Crippen LogP contribution in [-0.4, -0.2) is 17.1 Å². The van der Waals surface area contributed by atoms with Crippen molar-refractivity contribution in [1.29, 1.82) is 0 Å². The van der Waals surface area contributed by atoms with Crippen LogP contribution in [0.3, 0.4) is 0 Å². The summed E-state index contributed by atoms with van der Waals surface area (Å²) in [5, 5.41) is 4.08. The monoisotopic (exact) mass is 348 g/mol. The number of thioether (sulfide) groups is 1. The number of hydrogen-bond acceptors (Lipinski definition) is 4. The molecule has 0 bridgehead atoms. The number of aromatic nitrogens is 1. The van der Waals surface area contributed by atoms with Crippen molar-refractivity contribution in [3.8, 4) is 0 Å². The van der Waals surface area contributed by atoms with Crippen molar-refractivity contribution in [2.45, 2.75) is 11.3 Å². The van der Waals surface area contributed by atoms with Gasteiger partial charge in [-0.25, -0.2) is 4.98 Å². The molecule has 0 saturated carbocycles. The smallest absolute Gasteiger partial charge is 0.230 e. The van der Waals surface area contributed by atoms with Crippen LogP contribution in [0.15, 0.2) is 47.4 Å². The molecule has 0 atom stereocenters. The van der Waals surface area contributed by atoms with E-state index in [1.165, 1.54) is 11.3 Å². The number of rotatable bonds is 4. The van der Waals surface area contributed by atoms with Crippen LogP contribution in [0.2, 0.25) is 5.02 Å². The SMILES string of the molecule is CSc1cccc2sc(NC(=O)Cc3ccccc3Cl)nc12. The number of carbonyl (C=O) groups excluding carboxylic acids is 1. The molecule has 3 rings (SSSR count). The van der Waals surface area contributed by atoms with Gasteiger partial charge in [0.15, 0.2) is 5.13 Å². The molecular formula is C16H13ClN2OS2. The Hall–Kier alpha value is -1.56. The molecule has 22 heavy (non-hydrogen) atoms. The molecule has 0 radical (unpaired) electrons. The fraction of sp³-hybridized carbons (Fsp3) is 0.125. The van der Waals surface area contributed by atoms with Gasteiger partial charge in [-0.05, 0) is 30.0 Å². The minimum absolute atomic E-state index is 0.113. The number of carbonyl (C=O) groups is 1. The van der Waals surface area contributed by atoms with Gasteiger partial charge in [-0.2, -0.15) is 0 Å². The highest BCUT2D eigenvalue weighted by Crippen LogP contribution is 2.32. The van der Waals surface area contributed by atoms with Crippen LogP contribution in [0.25, 0.3) is 10.2 Å². The van der Waals surface area contributed by atoms with Gasteiger partial charge >= 0.3 is 0 Å². The van der Waals surface area contributed by atoms with Crippen LogP contribution in [0.5, 0.6) is 0 Å². The summed E-state index contributed by atoms with van der Waals surface area (Å²) >= 11 is 9.21. The normalized spacial score (nSPS) is 10.8. The second-order valence-electron chi connectivity index (χ2n) is 4.64. The number of anilines is 1. The topological polar surface area (TPSA) is 42.0 Å². The molecule has 0 fully saturated rings. The lowest BCUT2D eigenvalue weighted by atomic mass is 10.1. The highest BCUT2D eigenvalue weighted by molar-refractivity contribution is 7.98. The quantitative estimate of drug-likeness (QED) is 0.685. The number of thiazole rings is 1. The third kappa shape index (κ3) is 3.27. The summed E-state index contributed by atoms with van der Waals surface area (Å²) in [6, 6.07) is 13.4. The largest absolute Gasteiger partial charge is 0.302 e. The van der Waals surface area contributed by atoms with Gasteiger partial charge in [0.25, 0.3) is 0 Å². The van der Waals surface area contributed by atoms with Crippen LogP contribution in [0.4, 0.5) is 5.13 Å². The van der Waals surface area contributed by atoms with Gasteiger partial charge < -0.3 is 5.32 Å². The fourth-order valence-electron chi connectivity index (χ4n) is 2.12.